The first kappa shape index (κ1) is 14.9. The van der Waals surface area contributed by atoms with Crippen molar-refractivity contribution in [3.05, 3.63) is 0 Å². The third-order valence-electron chi connectivity index (χ3n) is 0.984. The van der Waals surface area contributed by atoms with E-state index < -0.39 is 17.6 Å². The zero-order valence-corrected chi connectivity index (χ0v) is 10.4. The van der Waals surface area contributed by atoms with E-state index in [4.69, 9.17) is 5.11 Å². The third kappa shape index (κ3) is 7.04. The predicted octanol–water partition coefficient (Wildman–Crippen LogP) is -2.62. The van der Waals surface area contributed by atoms with Gasteiger partial charge in [0.2, 0.25) is 0 Å². The van der Waals surface area contributed by atoms with Crippen LogP contribution in [0.1, 0.15) is 14.8 Å². The number of carboxylic acids is 1. The number of hydrogen-bond acceptors (Lipinski definition) is 3. The average Bonchev–Trinajstić information content (AvgIpc) is 1.86. The molecule has 6 heteroatoms. The number of carbonyl (C=O) groups is 2. The monoisotopic (exact) mass is 202 g/mol. The molecule has 12 heavy (non-hydrogen) atoms. The number of ether oxygens (including phenoxy) is 1. The fourth-order valence-corrected chi connectivity index (χ4v) is 0.819. The van der Waals surface area contributed by atoms with Gasteiger partial charge in [0.05, 0.1) is 18.7 Å². The van der Waals surface area contributed by atoms with Crippen LogP contribution in [0.4, 0.5) is 0 Å². The van der Waals surface area contributed by atoms with Gasteiger partial charge in [0.1, 0.15) is 0 Å². The van der Waals surface area contributed by atoms with Crippen LogP contribution in [-0.2, 0) is 14.3 Å². The predicted molar refractivity (Wildman–Crippen MR) is 43.5 cm³/mol. The van der Waals surface area contributed by atoms with Gasteiger partial charge in [-0.25, -0.2) is 0 Å². The number of esters is 1. The molecule has 0 rings (SSSR count). The smallest absolute Gasteiger partial charge is 1.00 e. The van der Waals surface area contributed by atoms with E-state index in [0.717, 1.165) is 0 Å². The Labute approximate surface area is 97.0 Å². The summed E-state index contributed by atoms with van der Waals surface area (Å²) in [5.41, 5.74) is -0.632. The van der Waals surface area contributed by atoms with E-state index in [1.54, 1.807) is 6.92 Å². The minimum Gasteiger partial charge on any atom is -1.00 e. The largest absolute Gasteiger partial charge is 1.00 e. The maximum absolute atomic E-state index is 10.8. The summed E-state index contributed by atoms with van der Waals surface area (Å²) in [6.45, 7) is 1.96. The van der Waals surface area contributed by atoms with Crippen LogP contribution in [0.5, 0.6) is 0 Å². The van der Waals surface area contributed by atoms with Gasteiger partial charge in [0.25, 0.3) is 0 Å². The molecule has 4 nitrogen and oxygen atoms in total. The van der Waals surface area contributed by atoms with E-state index in [0.29, 0.717) is 0 Å². The standard InChI is InChI=1S/C6H11O4P.Na.H/c1-2-10-6(9)4(11)3-5(7)8;;/h4H,2-3,11H2,1H3,(H,7,8);;/q;+1;-1. The maximum Gasteiger partial charge on any atom is 1.00 e. The summed E-state index contributed by atoms with van der Waals surface area (Å²) in [5.74, 6) is -1.49. The summed E-state index contributed by atoms with van der Waals surface area (Å²) in [6, 6.07) is 0. The number of carboxylic acid groups (broad SMARTS) is 1. The first-order valence-electron chi connectivity index (χ1n) is 3.22. The van der Waals surface area contributed by atoms with Crippen LogP contribution in [0.15, 0.2) is 0 Å². The quantitative estimate of drug-likeness (QED) is 0.308. The molecule has 2 atom stereocenters. The van der Waals surface area contributed by atoms with Gasteiger partial charge in [-0.05, 0) is 6.92 Å². The summed E-state index contributed by atoms with van der Waals surface area (Å²) >= 11 is 0. The maximum atomic E-state index is 10.8. The Kier molecular flexibility index (Phi) is 9.90. The molecule has 0 aliphatic carbocycles. The van der Waals surface area contributed by atoms with E-state index in [-0.39, 0.29) is 44.0 Å². The number of rotatable bonds is 4. The van der Waals surface area contributed by atoms with Crippen molar-refractivity contribution >= 4 is 21.2 Å². The van der Waals surface area contributed by atoms with E-state index in [9.17, 15) is 9.59 Å². The molecule has 0 aromatic carbocycles. The van der Waals surface area contributed by atoms with E-state index in [1.165, 1.54) is 0 Å². The molecular weight excluding hydrogens is 190 g/mol. The van der Waals surface area contributed by atoms with Gasteiger partial charge in [-0.15, -0.1) is 9.24 Å². The number of hydrogen-bond donors (Lipinski definition) is 1. The summed E-state index contributed by atoms with van der Waals surface area (Å²) in [5, 5.41) is 8.28. The fraction of sp³-hybridized carbons (Fsp3) is 0.667. The van der Waals surface area contributed by atoms with Crippen LogP contribution in [0.25, 0.3) is 0 Å². The van der Waals surface area contributed by atoms with Gasteiger partial charge in [0.15, 0.2) is 0 Å². The summed E-state index contributed by atoms with van der Waals surface area (Å²) in [7, 11) is 2.14. The van der Waals surface area contributed by atoms with E-state index in [2.05, 4.69) is 14.0 Å². The molecule has 0 saturated heterocycles. The molecule has 0 saturated carbocycles. The zero-order chi connectivity index (χ0) is 8.85. The molecule has 0 spiro atoms. The van der Waals surface area contributed by atoms with Gasteiger partial charge in [-0.3, -0.25) is 9.59 Å². The number of aliphatic carboxylic acids is 1. The average molecular weight is 202 g/mol. The second-order valence-electron chi connectivity index (χ2n) is 1.96. The van der Waals surface area contributed by atoms with Crippen molar-refractivity contribution in [3.63, 3.8) is 0 Å². The van der Waals surface area contributed by atoms with Crippen molar-refractivity contribution < 1.29 is 50.4 Å². The second kappa shape index (κ2) is 7.99. The molecule has 0 fully saturated rings. The first-order valence-corrected chi connectivity index (χ1v) is 3.88. The minimum absolute atomic E-state index is 0. The van der Waals surface area contributed by atoms with Crippen LogP contribution in [-0.4, -0.2) is 29.3 Å². The Morgan fingerprint density at radius 3 is 2.50 bits per heavy atom. The first-order chi connectivity index (χ1) is 5.07. The molecule has 0 aliphatic rings. The molecule has 2 unspecified atom stereocenters. The molecule has 0 heterocycles. The van der Waals surface area contributed by atoms with Crippen molar-refractivity contribution in [3.8, 4) is 0 Å². The summed E-state index contributed by atoms with van der Waals surface area (Å²) in [6.07, 6.45) is -0.205. The topological polar surface area (TPSA) is 63.6 Å². The van der Waals surface area contributed by atoms with Crippen LogP contribution < -0.4 is 29.6 Å². The fourth-order valence-electron chi connectivity index (χ4n) is 0.521. The molecule has 1 N–H and O–H groups in total. The van der Waals surface area contributed by atoms with Crippen molar-refractivity contribution in [2.75, 3.05) is 6.61 Å². The molecule has 0 amide bonds. The molecule has 0 aromatic rings. The van der Waals surface area contributed by atoms with Crippen molar-refractivity contribution in [1.82, 2.24) is 0 Å². The molecule has 66 valence electrons. The van der Waals surface area contributed by atoms with Gasteiger partial charge in [-0.1, -0.05) is 0 Å². The molecule has 0 bridgehead atoms. The second-order valence-corrected chi connectivity index (χ2v) is 2.76. The molecular formula is C6H12NaO4P. The van der Waals surface area contributed by atoms with Gasteiger partial charge < -0.3 is 11.3 Å². The van der Waals surface area contributed by atoms with Crippen molar-refractivity contribution in [2.24, 2.45) is 0 Å². The van der Waals surface area contributed by atoms with Crippen LogP contribution in [0.2, 0.25) is 0 Å². The van der Waals surface area contributed by atoms with Gasteiger partial charge >= 0.3 is 41.5 Å². The summed E-state index contributed by atoms with van der Waals surface area (Å²) in [4.78, 5) is 20.9. The van der Waals surface area contributed by atoms with Crippen molar-refractivity contribution in [2.45, 2.75) is 19.0 Å². The Balaban J connectivity index is -0.000000500. The Bertz CT molecular complexity index is 167. The Morgan fingerprint density at radius 2 is 2.17 bits per heavy atom. The van der Waals surface area contributed by atoms with E-state index in [1.807, 2.05) is 0 Å². The van der Waals surface area contributed by atoms with Crippen molar-refractivity contribution in [1.29, 1.82) is 0 Å². The SMILES string of the molecule is CCOC(=O)C(P)CC(=O)O.[H-].[Na+]. The number of carbonyl (C=O) groups excluding carboxylic acids is 1. The Hall–Kier alpha value is 0.370. The van der Waals surface area contributed by atoms with Gasteiger partial charge in [-0.2, -0.15) is 0 Å². The van der Waals surface area contributed by atoms with Crippen LogP contribution in [0.3, 0.4) is 0 Å². The Morgan fingerprint density at radius 1 is 1.67 bits per heavy atom. The summed E-state index contributed by atoms with van der Waals surface area (Å²) < 4.78 is 4.58. The minimum atomic E-state index is -1.00. The molecule has 0 radical (unpaired) electrons. The van der Waals surface area contributed by atoms with Crippen LogP contribution >= 0.6 is 9.24 Å². The molecule has 0 aromatic heterocycles. The van der Waals surface area contributed by atoms with Crippen LogP contribution in [0, 0.1) is 0 Å². The third-order valence-corrected chi connectivity index (χ3v) is 1.49. The molecule has 0 aliphatic heterocycles. The van der Waals surface area contributed by atoms with Gasteiger partial charge in [0, 0.05) is 0 Å². The zero-order valence-electron chi connectivity index (χ0n) is 8.24. The van der Waals surface area contributed by atoms with E-state index >= 15 is 0 Å². The normalized spacial score (nSPS) is 11.2.